The predicted octanol–water partition coefficient (Wildman–Crippen LogP) is 2.52. The van der Waals surface area contributed by atoms with Crippen molar-refractivity contribution in [2.45, 2.75) is 4.90 Å². The van der Waals surface area contributed by atoms with Gasteiger partial charge in [-0.05, 0) is 44.4 Å². The number of likely N-dealkylation sites (N-methyl/N-ethyl adjacent to an activating group) is 1. The number of aromatic nitrogens is 1. The van der Waals surface area contributed by atoms with Gasteiger partial charge in [0.25, 0.3) is 10.0 Å². The van der Waals surface area contributed by atoms with E-state index in [9.17, 15) is 8.42 Å². The lowest BCUT2D eigenvalue weighted by Crippen LogP contribution is -2.20. The van der Waals surface area contributed by atoms with Crippen LogP contribution < -0.4 is 14.8 Å². The van der Waals surface area contributed by atoms with Crippen molar-refractivity contribution in [3.05, 3.63) is 41.6 Å². The topological polar surface area (TPSA) is 83.6 Å². The van der Waals surface area contributed by atoms with Crippen LogP contribution in [-0.2, 0) is 10.0 Å². The molecule has 0 amide bonds. The van der Waals surface area contributed by atoms with Crippen LogP contribution in [0.4, 0.5) is 11.5 Å². The molecule has 0 fully saturated rings. The van der Waals surface area contributed by atoms with E-state index in [-0.39, 0.29) is 15.7 Å². The lowest BCUT2D eigenvalue weighted by atomic mass is 10.3. The van der Waals surface area contributed by atoms with Gasteiger partial charge in [0.05, 0.1) is 28.9 Å². The van der Waals surface area contributed by atoms with Crippen molar-refractivity contribution >= 4 is 33.1 Å². The van der Waals surface area contributed by atoms with Gasteiger partial charge in [-0.2, -0.15) is 0 Å². The predicted molar refractivity (Wildman–Crippen MR) is 100 cm³/mol. The maximum Gasteiger partial charge on any atom is 0.263 e. The summed E-state index contributed by atoms with van der Waals surface area (Å²) in [6.07, 6.45) is 1.58. The summed E-state index contributed by atoms with van der Waals surface area (Å²) >= 11 is 5.99. The second kappa shape index (κ2) is 8.37. The van der Waals surface area contributed by atoms with E-state index in [0.717, 1.165) is 18.8 Å². The van der Waals surface area contributed by atoms with Crippen LogP contribution in [0.5, 0.6) is 5.75 Å². The first-order valence-corrected chi connectivity index (χ1v) is 9.39. The molecule has 0 saturated heterocycles. The van der Waals surface area contributed by atoms with Gasteiger partial charge in [0, 0.05) is 13.1 Å². The first-order valence-electron chi connectivity index (χ1n) is 7.53. The highest BCUT2D eigenvalue weighted by Gasteiger charge is 2.16. The minimum Gasteiger partial charge on any atom is -0.495 e. The van der Waals surface area contributed by atoms with Crippen molar-refractivity contribution in [3.8, 4) is 5.75 Å². The van der Waals surface area contributed by atoms with Crippen molar-refractivity contribution in [2.75, 3.05) is 44.3 Å². The van der Waals surface area contributed by atoms with Crippen LogP contribution in [-0.4, -0.2) is 52.6 Å². The maximum absolute atomic E-state index is 12.4. The maximum atomic E-state index is 12.4. The van der Waals surface area contributed by atoms with E-state index in [1.165, 1.54) is 25.3 Å². The molecule has 0 spiro atoms. The number of nitrogens with one attached hydrogen (secondary N) is 2. The summed E-state index contributed by atoms with van der Waals surface area (Å²) < 4.78 is 32.3. The number of anilines is 2. The molecule has 0 aliphatic rings. The highest BCUT2D eigenvalue weighted by atomic mass is 35.5. The summed E-state index contributed by atoms with van der Waals surface area (Å²) in [7, 11) is 1.66. The van der Waals surface area contributed by atoms with Gasteiger partial charge < -0.3 is 15.0 Å². The molecule has 136 valence electrons. The van der Waals surface area contributed by atoms with Crippen LogP contribution in [0, 0.1) is 0 Å². The van der Waals surface area contributed by atoms with Gasteiger partial charge in [-0.25, -0.2) is 13.4 Å². The zero-order valence-corrected chi connectivity index (χ0v) is 15.9. The summed E-state index contributed by atoms with van der Waals surface area (Å²) in [5.74, 6) is 0.636. The smallest absolute Gasteiger partial charge is 0.263 e. The number of methoxy groups -OCH3 is 1. The number of ether oxygens (including phenoxy) is 1. The number of halogens is 1. The lowest BCUT2D eigenvalue weighted by Gasteiger charge is -2.12. The van der Waals surface area contributed by atoms with Gasteiger partial charge in [-0.1, -0.05) is 11.6 Å². The molecule has 1 heterocycles. The molecule has 1 aromatic heterocycles. The van der Waals surface area contributed by atoms with Crippen LogP contribution in [0.25, 0.3) is 0 Å². The fourth-order valence-electron chi connectivity index (χ4n) is 1.99. The molecule has 7 nitrogen and oxygen atoms in total. The molecular weight excluding hydrogens is 364 g/mol. The standard InChI is InChI=1S/C16H21ClN4O3S/c1-21(2)9-8-18-12-4-7-16(19-11-12)20-25(22,23)13-5-6-15(24-3)14(17)10-13/h4-7,10-11,18H,8-9H2,1-3H3,(H,19,20). The van der Waals surface area contributed by atoms with E-state index in [1.807, 2.05) is 14.1 Å². The van der Waals surface area contributed by atoms with Gasteiger partial charge in [-0.3, -0.25) is 4.72 Å². The Kier molecular flexibility index (Phi) is 6.46. The fraction of sp³-hybridized carbons (Fsp3) is 0.312. The van der Waals surface area contributed by atoms with Gasteiger partial charge in [-0.15, -0.1) is 0 Å². The van der Waals surface area contributed by atoms with Crippen LogP contribution in [0.3, 0.4) is 0 Å². The Morgan fingerprint density at radius 3 is 2.56 bits per heavy atom. The second-order valence-corrected chi connectivity index (χ2v) is 7.65. The molecule has 2 aromatic rings. The molecule has 0 radical (unpaired) electrons. The number of hydrogen-bond donors (Lipinski definition) is 2. The number of benzene rings is 1. The Bertz CT molecular complexity index is 811. The summed E-state index contributed by atoms with van der Waals surface area (Å²) in [6, 6.07) is 7.62. The van der Waals surface area contributed by atoms with Crippen LogP contribution in [0.1, 0.15) is 0 Å². The number of rotatable bonds is 8. The van der Waals surface area contributed by atoms with E-state index >= 15 is 0 Å². The number of hydrogen-bond acceptors (Lipinski definition) is 6. The third-order valence-corrected chi connectivity index (χ3v) is 4.97. The summed E-state index contributed by atoms with van der Waals surface area (Å²) in [5, 5.41) is 3.43. The van der Waals surface area contributed by atoms with E-state index in [2.05, 4.69) is 19.9 Å². The third-order valence-electron chi connectivity index (χ3n) is 3.32. The quantitative estimate of drug-likeness (QED) is 0.727. The Hall–Kier alpha value is -2.03. The van der Waals surface area contributed by atoms with Gasteiger partial charge in [0.15, 0.2) is 0 Å². The molecular formula is C16H21ClN4O3S. The molecule has 0 aliphatic carbocycles. The summed E-state index contributed by atoms with van der Waals surface area (Å²) in [6.45, 7) is 1.65. The van der Waals surface area contributed by atoms with Crippen molar-refractivity contribution in [1.29, 1.82) is 0 Å². The monoisotopic (exact) mass is 384 g/mol. The molecule has 2 N–H and O–H groups in total. The minimum atomic E-state index is -3.78. The highest BCUT2D eigenvalue weighted by molar-refractivity contribution is 7.92. The van der Waals surface area contributed by atoms with Crippen LogP contribution in [0.2, 0.25) is 5.02 Å². The zero-order valence-electron chi connectivity index (χ0n) is 14.3. The zero-order chi connectivity index (χ0) is 18.4. The molecule has 0 aliphatic heterocycles. The third kappa shape index (κ3) is 5.48. The number of pyridine rings is 1. The largest absolute Gasteiger partial charge is 0.495 e. The van der Waals surface area contributed by atoms with Crippen molar-refractivity contribution < 1.29 is 13.2 Å². The van der Waals surface area contributed by atoms with Crippen LogP contribution in [0.15, 0.2) is 41.4 Å². The second-order valence-electron chi connectivity index (χ2n) is 5.56. The lowest BCUT2D eigenvalue weighted by molar-refractivity contribution is 0.414. The molecule has 0 bridgehead atoms. The average Bonchev–Trinajstić information content (AvgIpc) is 2.56. The number of nitrogens with zero attached hydrogens (tertiary/aromatic N) is 2. The average molecular weight is 385 g/mol. The SMILES string of the molecule is COc1ccc(S(=O)(=O)Nc2ccc(NCCN(C)C)cn2)cc1Cl. The molecule has 9 heteroatoms. The molecule has 0 unspecified atom stereocenters. The van der Waals surface area contributed by atoms with Gasteiger partial charge >= 0.3 is 0 Å². The van der Waals surface area contributed by atoms with Crippen molar-refractivity contribution in [2.24, 2.45) is 0 Å². The molecule has 2 rings (SSSR count). The van der Waals surface area contributed by atoms with Crippen LogP contribution >= 0.6 is 11.6 Å². The molecule has 0 atom stereocenters. The first kappa shape index (κ1) is 19.3. The normalized spacial score (nSPS) is 11.4. The molecule has 1 aromatic carbocycles. The van der Waals surface area contributed by atoms with Gasteiger partial charge in [0.1, 0.15) is 11.6 Å². The van der Waals surface area contributed by atoms with E-state index < -0.39 is 10.0 Å². The first-order chi connectivity index (χ1) is 11.8. The van der Waals surface area contributed by atoms with Gasteiger partial charge in [0.2, 0.25) is 0 Å². The van der Waals surface area contributed by atoms with E-state index in [4.69, 9.17) is 16.3 Å². The molecule has 25 heavy (non-hydrogen) atoms. The summed E-state index contributed by atoms with van der Waals surface area (Å²) in [5.41, 5.74) is 0.817. The Balaban J connectivity index is 2.06. The minimum absolute atomic E-state index is 0.0354. The van der Waals surface area contributed by atoms with Crippen molar-refractivity contribution in [3.63, 3.8) is 0 Å². The Morgan fingerprint density at radius 2 is 2.00 bits per heavy atom. The Morgan fingerprint density at radius 1 is 1.24 bits per heavy atom. The highest BCUT2D eigenvalue weighted by Crippen LogP contribution is 2.27. The van der Waals surface area contributed by atoms with E-state index in [1.54, 1.807) is 18.3 Å². The summed E-state index contributed by atoms with van der Waals surface area (Å²) in [4.78, 5) is 6.21. The van der Waals surface area contributed by atoms with Crippen molar-refractivity contribution in [1.82, 2.24) is 9.88 Å². The fourth-order valence-corrected chi connectivity index (χ4v) is 3.35. The Labute approximate surface area is 153 Å². The molecule has 0 saturated carbocycles. The van der Waals surface area contributed by atoms with E-state index in [0.29, 0.717) is 5.75 Å². The number of sulfonamides is 1.